The van der Waals surface area contributed by atoms with Gasteiger partial charge in [0.15, 0.2) is 11.5 Å². The van der Waals surface area contributed by atoms with Gasteiger partial charge in [0.2, 0.25) is 0 Å². The number of methoxy groups -OCH3 is 1. The van der Waals surface area contributed by atoms with Crippen LogP contribution in [0.3, 0.4) is 0 Å². The molecule has 1 aliphatic rings. The molecule has 2 rings (SSSR count). The second-order valence-electron chi connectivity index (χ2n) is 4.49. The molecule has 0 amide bonds. The largest absolute Gasteiger partial charge is 0.493 e. The smallest absolute Gasteiger partial charge is 0.165 e. The van der Waals surface area contributed by atoms with Gasteiger partial charge >= 0.3 is 0 Å². The van der Waals surface area contributed by atoms with E-state index in [0.717, 1.165) is 5.56 Å². The fourth-order valence-corrected chi connectivity index (χ4v) is 2.39. The Morgan fingerprint density at radius 2 is 2.18 bits per heavy atom. The van der Waals surface area contributed by atoms with Crippen molar-refractivity contribution in [3.05, 3.63) is 23.8 Å². The first-order valence-corrected chi connectivity index (χ1v) is 5.88. The highest BCUT2D eigenvalue weighted by molar-refractivity contribution is 5.50. The SMILES string of the molecule is CCOc1cccc(C2(N)CC(O)C2)c1OC. The highest BCUT2D eigenvalue weighted by Crippen LogP contribution is 2.45. The second-order valence-corrected chi connectivity index (χ2v) is 4.49. The summed E-state index contributed by atoms with van der Waals surface area (Å²) in [7, 11) is 1.61. The standard InChI is InChI=1S/C13H19NO3/c1-3-17-11-6-4-5-10(12(11)16-2)13(14)7-9(15)8-13/h4-6,9,15H,3,7-8,14H2,1-2H3. The average Bonchev–Trinajstić information content (AvgIpc) is 2.27. The fraction of sp³-hybridized carbons (Fsp3) is 0.538. The van der Waals surface area contributed by atoms with Gasteiger partial charge in [-0.1, -0.05) is 12.1 Å². The van der Waals surface area contributed by atoms with Crippen LogP contribution >= 0.6 is 0 Å². The van der Waals surface area contributed by atoms with Gasteiger partial charge in [0.25, 0.3) is 0 Å². The van der Waals surface area contributed by atoms with Crippen molar-refractivity contribution < 1.29 is 14.6 Å². The first kappa shape index (κ1) is 12.2. The van der Waals surface area contributed by atoms with Crippen LogP contribution in [0, 0.1) is 0 Å². The molecule has 1 aromatic rings. The summed E-state index contributed by atoms with van der Waals surface area (Å²) in [6.07, 6.45) is 0.832. The highest BCUT2D eigenvalue weighted by Gasteiger charge is 2.43. The topological polar surface area (TPSA) is 64.7 Å². The average molecular weight is 237 g/mol. The lowest BCUT2D eigenvalue weighted by atomic mass is 9.70. The number of aliphatic hydroxyl groups is 1. The molecule has 0 radical (unpaired) electrons. The third kappa shape index (κ3) is 2.10. The minimum atomic E-state index is -0.488. The van der Waals surface area contributed by atoms with Gasteiger partial charge in [-0.05, 0) is 25.8 Å². The molecule has 1 aliphatic carbocycles. The van der Waals surface area contributed by atoms with Gasteiger partial charge in [-0.2, -0.15) is 0 Å². The molecule has 4 nitrogen and oxygen atoms in total. The van der Waals surface area contributed by atoms with Crippen LogP contribution in [0.25, 0.3) is 0 Å². The summed E-state index contributed by atoms with van der Waals surface area (Å²) >= 11 is 0. The van der Waals surface area contributed by atoms with Crippen LogP contribution in [0.15, 0.2) is 18.2 Å². The van der Waals surface area contributed by atoms with E-state index in [2.05, 4.69) is 0 Å². The molecular formula is C13H19NO3. The molecule has 1 saturated carbocycles. The molecule has 0 unspecified atom stereocenters. The maximum Gasteiger partial charge on any atom is 0.165 e. The zero-order valence-electron chi connectivity index (χ0n) is 10.3. The van der Waals surface area contributed by atoms with Crippen LogP contribution in [-0.4, -0.2) is 24.9 Å². The van der Waals surface area contributed by atoms with Gasteiger partial charge in [0.05, 0.1) is 19.8 Å². The zero-order chi connectivity index (χ0) is 12.5. The molecule has 0 atom stereocenters. The van der Waals surface area contributed by atoms with Gasteiger partial charge in [-0.25, -0.2) is 0 Å². The summed E-state index contributed by atoms with van der Waals surface area (Å²) in [5.41, 5.74) is 6.69. The lowest BCUT2D eigenvalue weighted by molar-refractivity contribution is 0.0196. The van der Waals surface area contributed by atoms with E-state index in [1.165, 1.54) is 0 Å². The number of aliphatic hydroxyl groups excluding tert-OH is 1. The van der Waals surface area contributed by atoms with Crippen LogP contribution in [0.4, 0.5) is 0 Å². The molecule has 3 N–H and O–H groups in total. The van der Waals surface area contributed by atoms with Crippen molar-refractivity contribution in [1.29, 1.82) is 0 Å². The third-order valence-electron chi connectivity index (χ3n) is 3.22. The van der Waals surface area contributed by atoms with E-state index in [4.69, 9.17) is 15.2 Å². The van der Waals surface area contributed by atoms with Crippen molar-refractivity contribution in [2.75, 3.05) is 13.7 Å². The summed E-state index contributed by atoms with van der Waals surface area (Å²) in [6.45, 7) is 2.51. The minimum Gasteiger partial charge on any atom is -0.493 e. The molecule has 0 spiro atoms. The Hall–Kier alpha value is -1.26. The van der Waals surface area contributed by atoms with Gasteiger partial charge in [-0.3, -0.25) is 0 Å². The predicted octanol–water partition coefficient (Wildman–Crippen LogP) is 1.40. The molecule has 1 fully saturated rings. The summed E-state index contributed by atoms with van der Waals surface area (Å²) < 4.78 is 10.9. The highest BCUT2D eigenvalue weighted by atomic mass is 16.5. The fourth-order valence-electron chi connectivity index (χ4n) is 2.39. The molecule has 0 heterocycles. The second kappa shape index (κ2) is 4.55. The number of hydrogen-bond donors (Lipinski definition) is 2. The van der Waals surface area contributed by atoms with E-state index < -0.39 is 5.54 Å². The zero-order valence-corrected chi connectivity index (χ0v) is 10.3. The predicted molar refractivity (Wildman–Crippen MR) is 65.3 cm³/mol. The van der Waals surface area contributed by atoms with E-state index in [1.807, 2.05) is 25.1 Å². The number of hydrogen-bond acceptors (Lipinski definition) is 4. The van der Waals surface area contributed by atoms with E-state index >= 15 is 0 Å². The van der Waals surface area contributed by atoms with Gasteiger partial charge in [0, 0.05) is 11.1 Å². The summed E-state index contributed by atoms with van der Waals surface area (Å²) in [6, 6.07) is 5.71. The quantitative estimate of drug-likeness (QED) is 0.831. The van der Waals surface area contributed by atoms with E-state index in [1.54, 1.807) is 7.11 Å². The van der Waals surface area contributed by atoms with Crippen molar-refractivity contribution in [1.82, 2.24) is 0 Å². The number of nitrogens with two attached hydrogens (primary N) is 1. The Morgan fingerprint density at radius 3 is 2.71 bits per heavy atom. The number of rotatable bonds is 4. The minimum absolute atomic E-state index is 0.305. The number of para-hydroxylation sites is 1. The first-order valence-electron chi connectivity index (χ1n) is 5.88. The van der Waals surface area contributed by atoms with Crippen LogP contribution < -0.4 is 15.2 Å². The maximum absolute atomic E-state index is 9.43. The lowest BCUT2D eigenvalue weighted by Gasteiger charge is -2.43. The molecule has 94 valence electrons. The van der Waals surface area contributed by atoms with Crippen molar-refractivity contribution in [3.63, 3.8) is 0 Å². The Bertz CT molecular complexity index is 400. The molecular weight excluding hydrogens is 218 g/mol. The Labute approximate surface area is 101 Å². The van der Waals surface area contributed by atoms with E-state index in [9.17, 15) is 5.11 Å². The number of ether oxygens (including phenoxy) is 2. The molecule has 0 bridgehead atoms. The normalized spacial score (nSPS) is 27.4. The Balaban J connectivity index is 2.36. The van der Waals surface area contributed by atoms with Crippen LogP contribution in [0.2, 0.25) is 0 Å². The molecule has 1 aromatic carbocycles. The number of benzene rings is 1. The molecule has 0 aliphatic heterocycles. The van der Waals surface area contributed by atoms with Gasteiger partial charge < -0.3 is 20.3 Å². The Kier molecular flexibility index (Phi) is 3.26. The van der Waals surface area contributed by atoms with E-state index in [0.29, 0.717) is 30.9 Å². The first-order chi connectivity index (χ1) is 8.10. The summed E-state index contributed by atoms with van der Waals surface area (Å²) in [5.74, 6) is 1.39. The lowest BCUT2D eigenvalue weighted by Crippen LogP contribution is -2.51. The summed E-state index contributed by atoms with van der Waals surface area (Å²) in [5, 5.41) is 9.43. The molecule has 17 heavy (non-hydrogen) atoms. The van der Waals surface area contributed by atoms with E-state index in [-0.39, 0.29) is 6.10 Å². The van der Waals surface area contributed by atoms with Crippen molar-refractivity contribution in [3.8, 4) is 11.5 Å². The van der Waals surface area contributed by atoms with Crippen molar-refractivity contribution in [2.24, 2.45) is 5.73 Å². The third-order valence-corrected chi connectivity index (χ3v) is 3.22. The van der Waals surface area contributed by atoms with Crippen LogP contribution in [-0.2, 0) is 5.54 Å². The molecule has 4 heteroatoms. The van der Waals surface area contributed by atoms with Gasteiger partial charge in [0.1, 0.15) is 0 Å². The Morgan fingerprint density at radius 1 is 1.47 bits per heavy atom. The maximum atomic E-state index is 9.43. The van der Waals surface area contributed by atoms with Crippen LogP contribution in [0.5, 0.6) is 11.5 Å². The van der Waals surface area contributed by atoms with Crippen molar-refractivity contribution >= 4 is 0 Å². The molecule has 0 aromatic heterocycles. The summed E-state index contributed by atoms with van der Waals surface area (Å²) in [4.78, 5) is 0. The molecule has 0 saturated heterocycles. The van der Waals surface area contributed by atoms with Crippen molar-refractivity contribution in [2.45, 2.75) is 31.4 Å². The van der Waals surface area contributed by atoms with Crippen LogP contribution in [0.1, 0.15) is 25.3 Å². The monoisotopic (exact) mass is 237 g/mol. The van der Waals surface area contributed by atoms with Gasteiger partial charge in [-0.15, -0.1) is 0 Å².